The highest BCUT2D eigenvalue weighted by molar-refractivity contribution is 7.99. The van der Waals surface area contributed by atoms with Crippen molar-refractivity contribution in [3.05, 3.63) is 46.8 Å². The van der Waals surface area contributed by atoms with Gasteiger partial charge in [-0.3, -0.25) is 10.1 Å². The first kappa shape index (κ1) is 15.7. The standard InChI is InChI=1S/C15H16N4O3S/c20-19(21)13-14(16-9-11-5-4-8-22-11)17-10-18-15(13)23-12-6-2-1-3-7-12/h1-3,6-7,10-11H,4-5,8-9H2,(H,16,17,18). The largest absolute Gasteiger partial charge is 0.376 e. The number of benzene rings is 1. The molecule has 3 rings (SSSR count). The van der Waals surface area contributed by atoms with Gasteiger partial charge in [0, 0.05) is 18.0 Å². The lowest BCUT2D eigenvalue weighted by atomic mass is 10.2. The SMILES string of the molecule is O=[N+]([O-])c1c(NCC2CCCO2)ncnc1Sc1ccccc1. The number of ether oxygens (including phenoxy) is 1. The molecule has 0 radical (unpaired) electrons. The first-order chi connectivity index (χ1) is 11.2. The summed E-state index contributed by atoms with van der Waals surface area (Å²) >= 11 is 1.25. The molecule has 1 fully saturated rings. The Bertz CT molecular complexity index is 678. The monoisotopic (exact) mass is 332 g/mol. The summed E-state index contributed by atoms with van der Waals surface area (Å²) in [6.07, 6.45) is 3.40. The Balaban J connectivity index is 1.81. The van der Waals surface area contributed by atoms with Crippen LogP contribution in [0.5, 0.6) is 0 Å². The lowest BCUT2D eigenvalue weighted by Gasteiger charge is -2.12. The molecule has 1 atom stereocenters. The summed E-state index contributed by atoms with van der Waals surface area (Å²) in [7, 11) is 0. The average Bonchev–Trinajstić information content (AvgIpc) is 3.07. The molecule has 1 aliphatic heterocycles. The summed E-state index contributed by atoms with van der Waals surface area (Å²) < 4.78 is 5.52. The minimum Gasteiger partial charge on any atom is -0.376 e. The van der Waals surface area contributed by atoms with Gasteiger partial charge in [-0.15, -0.1) is 0 Å². The van der Waals surface area contributed by atoms with Gasteiger partial charge >= 0.3 is 5.69 Å². The predicted octanol–water partition coefficient (Wildman–Crippen LogP) is 3.13. The van der Waals surface area contributed by atoms with Crippen molar-refractivity contribution in [2.24, 2.45) is 0 Å². The van der Waals surface area contributed by atoms with E-state index in [2.05, 4.69) is 15.3 Å². The second-order valence-electron chi connectivity index (χ2n) is 5.06. The van der Waals surface area contributed by atoms with E-state index in [9.17, 15) is 10.1 Å². The van der Waals surface area contributed by atoms with Crippen molar-refractivity contribution in [2.75, 3.05) is 18.5 Å². The van der Waals surface area contributed by atoms with Crippen LogP contribution < -0.4 is 5.32 Å². The molecule has 120 valence electrons. The van der Waals surface area contributed by atoms with Gasteiger partial charge in [0.15, 0.2) is 5.03 Å². The number of nitrogens with one attached hydrogen (secondary N) is 1. The van der Waals surface area contributed by atoms with E-state index in [1.165, 1.54) is 18.1 Å². The van der Waals surface area contributed by atoms with Crippen molar-refractivity contribution in [2.45, 2.75) is 28.9 Å². The molecule has 0 amide bonds. The van der Waals surface area contributed by atoms with Gasteiger partial charge in [-0.2, -0.15) is 0 Å². The third kappa shape index (κ3) is 3.96. The Morgan fingerprint density at radius 1 is 1.35 bits per heavy atom. The number of nitro groups is 1. The number of hydrogen-bond donors (Lipinski definition) is 1. The van der Waals surface area contributed by atoms with Crippen LogP contribution in [0, 0.1) is 10.1 Å². The van der Waals surface area contributed by atoms with Crippen molar-refractivity contribution in [3.8, 4) is 0 Å². The van der Waals surface area contributed by atoms with Gasteiger partial charge in [-0.1, -0.05) is 30.0 Å². The van der Waals surface area contributed by atoms with Gasteiger partial charge in [0.1, 0.15) is 6.33 Å². The zero-order valence-corrected chi connectivity index (χ0v) is 13.2. The van der Waals surface area contributed by atoms with E-state index in [0.717, 1.165) is 24.3 Å². The van der Waals surface area contributed by atoms with Crippen molar-refractivity contribution in [3.63, 3.8) is 0 Å². The molecular formula is C15H16N4O3S. The molecule has 2 aromatic rings. The van der Waals surface area contributed by atoms with Crippen LogP contribution >= 0.6 is 11.8 Å². The van der Waals surface area contributed by atoms with Crippen LogP contribution in [0.4, 0.5) is 11.5 Å². The second kappa shape index (κ2) is 7.38. The topological polar surface area (TPSA) is 90.2 Å². The predicted molar refractivity (Wildman–Crippen MR) is 86.7 cm³/mol. The molecule has 23 heavy (non-hydrogen) atoms. The smallest absolute Gasteiger partial charge is 0.343 e. The fourth-order valence-corrected chi connectivity index (χ4v) is 3.23. The van der Waals surface area contributed by atoms with E-state index in [1.54, 1.807) is 0 Å². The Hall–Kier alpha value is -2.19. The third-order valence-corrected chi connectivity index (χ3v) is 4.45. The van der Waals surface area contributed by atoms with E-state index in [4.69, 9.17) is 4.74 Å². The molecule has 1 aromatic carbocycles. The number of anilines is 1. The molecule has 1 unspecified atom stereocenters. The summed E-state index contributed by atoms with van der Waals surface area (Å²) in [5.41, 5.74) is -0.0978. The Labute approximate surface area is 137 Å². The van der Waals surface area contributed by atoms with Crippen LogP contribution in [-0.2, 0) is 4.74 Å². The van der Waals surface area contributed by atoms with Gasteiger partial charge in [-0.25, -0.2) is 9.97 Å². The lowest BCUT2D eigenvalue weighted by Crippen LogP contribution is -2.19. The molecule has 7 nitrogen and oxygen atoms in total. The molecular weight excluding hydrogens is 316 g/mol. The van der Waals surface area contributed by atoms with Crippen LogP contribution in [0.2, 0.25) is 0 Å². The summed E-state index contributed by atoms with van der Waals surface area (Å²) in [6.45, 7) is 1.25. The number of hydrogen-bond acceptors (Lipinski definition) is 7. The summed E-state index contributed by atoms with van der Waals surface area (Å²) in [4.78, 5) is 20.0. The fourth-order valence-electron chi connectivity index (χ4n) is 2.35. The zero-order valence-electron chi connectivity index (χ0n) is 12.3. The van der Waals surface area contributed by atoms with Crippen molar-refractivity contribution in [1.29, 1.82) is 0 Å². The zero-order chi connectivity index (χ0) is 16.1. The maximum atomic E-state index is 11.5. The van der Waals surface area contributed by atoms with Crippen LogP contribution in [0.3, 0.4) is 0 Å². The van der Waals surface area contributed by atoms with Gasteiger partial charge in [-0.05, 0) is 25.0 Å². The summed E-state index contributed by atoms with van der Waals surface area (Å²) in [5.74, 6) is 0.235. The van der Waals surface area contributed by atoms with Gasteiger partial charge in [0.05, 0.1) is 11.0 Å². The lowest BCUT2D eigenvalue weighted by molar-refractivity contribution is -0.387. The molecule has 1 saturated heterocycles. The van der Waals surface area contributed by atoms with Crippen molar-refractivity contribution < 1.29 is 9.66 Å². The molecule has 1 N–H and O–H groups in total. The van der Waals surface area contributed by atoms with Gasteiger partial charge < -0.3 is 10.1 Å². The van der Waals surface area contributed by atoms with Gasteiger partial charge in [0.25, 0.3) is 0 Å². The summed E-state index contributed by atoms with van der Waals surface area (Å²) in [5, 5.41) is 14.8. The van der Waals surface area contributed by atoms with E-state index in [1.807, 2.05) is 30.3 Å². The van der Waals surface area contributed by atoms with E-state index in [0.29, 0.717) is 11.6 Å². The van der Waals surface area contributed by atoms with Crippen molar-refractivity contribution >= 4 is 23.3 Å². The van der Waals surface area contributed by atoms with E-state index >= 15 is 0 Å². The number of nitrogens with zero attached hydrogens (tertiary/aromatic N) is 3. The third-order valence-electron chi connectivity index (χ3n) is 3.45. The van der Waals surface area contributed by atoms with Crippen LogP contribution in [-0.4, -0.2) is 34.1 Å². The average molecular weight is 332 g/mol. The maximum Gasteiger partial charge on any atom is 0.343 e. The fraction of sp³-hybridized carbons (Fsp3) is 0.333. The van der Waals surface area contributed by atoms with Gasteiger partial charge in [0.2, 0.25) is 5.82 Å². The molecule has 0 spiro atoms. The minimum absolute atomic E-state index is 0.0785. The highest BCUT2D eigenvalue weighted by atomic mass is 32.2. The molecule has 1 aliphatic rings. The van der Waals surface area contributed by atoms with Crippen LogP contribution in [0.25, 0.3) is 0 Å². The highest BCUT2D eigenvalue weighted by Gasteiger charge is 2.25. The van der Waals surface area contributed by atoms with Crippen molar-refractivity contribution in [1.82, 2.24) is 9.97 Å². The summed E-state index contributed by atoms with van der Waals surface area (Å²) in [6, 6.07) is 9.43. The molecule has 1 aromatic heterocycles. The Morgan fingerprint density at radius 3 is 2.87 bits per heavy atom. The second-order valence-corrected chi connectivity index (χ2v) is 6.13. The quantitative estimate of drug-likeness (QED) is 0.494. The molecule has 0 aliphatic carbocycles. The first-order valence-corrected chi connectivity index (χ1v) is 8.13. The molecule has 0 saturated carbocycles. The first-order valence-electron chi connectivity index (χ1n) is 7.32. The van der Waals surface area contributed by atoms with E-state index in [-0.39, 0.29) is 17.6 Å². The maximum absolute atomic E-state index is 11.5. The van der Waals surface area contributed by atoms with Crippen LogP contribution in [0.15, 0.2) is 46.6 Å². The molecule has 0 bridgehead atoms. The minimum atomic E-state index is -0.441. The van der Waals surface area contributed by atoms with Crippen LogP contribution in [0.1, 0.15) is 12.8 Å². The Kier molecular flexibility index (Phi) is 5.04. The number of rotatable bonds is 6. The highest BCUT2D eigenvalue weighted by Crippen LogP contribution is 2.36. The molecule has 2 heterocycles. The number of aromatic nitrogens is 2. The van der Waals surface area contributed by atoms with E-state index < -0.39 is 4.92 Å². The Morgan fingerprint density at radius 2 is 2.17 bits per heavy atom. The normalized spacial score (nSPS) is 17.1. The molecule has 8 heteroatoms.